The van der Waals surface area contributed by atoms with Gasteiger partial charge in [-0.3, -0.25) is 0 Å². The molecule has 0 saturated carbocycles. The summed E-state index contributed by atoms with van der Waals surface area (Å²) in [6, 6.07) is 0. The van der Waals surface area contributed by atoms with Crippen LogP contribution in [-0.2, 0) is 4.74 Å². The first kappa shape index (κ1) is 9.88. The van der Waals surface area contributed by atoms with Crippen molar-refractivity contribution in [2.75, 3.05) is 6.61 Å². The van der Waals surface area contributed by atoms with Gasteiger partial charge in [-0.1, -0.05) is 6.92 Å². The van der Waals surface area contributed by atoms with Gasteiger partial charge in [0, 0.05) is 0 Å². The van der Waals surface area contributed by atoms with E-state index in [1.807, 2.05) is 0 Å². The highest BCUT2D eigenvalue weighted by molar-refractivity contribution is 4.99. The van der Waals surface area contributed by atoms with Gasteiger partial charge in [-0.2, -0.15) is 0 Å². The Morgan fingerprint density at radius 2 is 2.00 bits per heavy atom. The summed E-state index contributed by atoms with van der Waals surface area (Å²) in [5.74, 6) is 0. The Hall–Kier alpha value is -0.200. The van der Waals surface area contributed by atoms with Crippen molar-refractivity contribution in [2.45, 2.75) is 37.4 Å². The van der Waals surface area contributed by atoms with Crippen LogP contribution in [0.2, 0.25) is 0 Å². The maximum Gasteiger partial charge on any atom is 0.184 e. The molecule has 0 aliphatic carbocycles. The third kappa shape index (κ3) is 1.23. The number of hydrogen-bond acceptors (Lipinski definition) is 5. The van der Waals surface area contributed by atoms with Gasteiger partial charge >= 0.3 is 0 Å². The van der Waals surface area contributed by atoms with Gasteiger partial charge in [0.05, 0.1) is 6.61 Å². The average molecular weight is 178 g/mol. The van der Waals surface area contributed by atoms with E-state index in [4.69, 9.17) is 14.9 Å². The fourth-order valence-electron chi connectivity index (χ4n) is 1.44. The van der Waals surface area contributed by atoms with E-state index in [0.29, 0.717) is 0 Å². The third-order valence-electron chi connectivity index (χ3n) is 2.38. The van der Waals surface area contributed by atoms with Gasteiger partial charge in [0.2, 0.25) is 0 Å². The fourth-order valence-corrected chi connectivity index (χ4v) is 1.44. The predicted molar refractivity (Wildman–Crippen MR) is 39.2 cm³/mol. The number of ether oxygens (including phenoxy) is 1. The first-order valence-corrected chi connectivity index (χ1v) is 3.91. The Morgan fingerprint density at radius 1 is 1.42 bits per heavy atom. The zero-order valence-electron chi connectivity index (χ0n) is 6.84. The van der Waals surface area contributed by atoms with E-state index >= 15 is 0 Å². The second-order valence-electron chi connectivity index (χ2n) is 2.99. The van der Waals surface area contributed by atoms with Crippen LogP contribution in [0.3, 0.4) is 0 Å². The highest BCUT2D eigenvalue weighted by Crippen LogP contribution is 2.32. The monoisotopic (exact) mass is 178 g/mol. The summed E-state index contributed by atoms with van der Waals surface area (Å²) < 4.78 is 4.73. The quantitative estimate of drug-likeness (QED) is 0.400. The van der Waals surface area contributed by atoms with Gasteiger partial charge in [-0.05, 0) is 6.42 Å². The minimum Gasteiger partial charge on any atom is -0.394 e. The molecule has 0 spiro atoms. The molecule has 4 atom stereocenters. The molecule has 0 radical (unpaired) electrons. The van der Waals surface area contributed by atoms with Crippen LogP contribution in [0.1, 0.15) is 13.3 Å². The standard InChI is InChI=1S/C7H14O5/c1-2-7(11)4(3-8)12-6(10)5(7)9/h4-6,8-11H,2-3H2,1H3/t4-,5+,6?,7-/m1/s1. The maximum absolute atomic E-state index is 9.70. The molecule has 5 nitrogen and oxygen atoms in total. The molecule has 4 N–H and O–H groups in total. The van der Waals surface area contributed by atoms with Crippen molar-refractivity contribution in [3.05, 3.63) is 0 Å². The molecule has 1 rings (SSSR count). The normalized spacial score (nSPS) is 48.2. The molecule has 1 saturated heterocycles. The van der Waals surface area contributed by atoms with Gasteiger partial charge in [0.15, 0.2) is 6.29 Å². The summed E-state index contributed by atoms with van der Waals surface area (Å²) in [5.41, 5.74) is -1.53. The van der Waals surface area contributed by atoms with Crippen molar-refractivity contribution < 1.29 is 25.2 Å². The molecule has 5 heteroatoms. The van der Waals surface area contributed by atoms with Crippen LogP contribution in [0.4, 0.5) is 0 Å². The Kier molecular flexibility index (Phi) is 2.70. The molecule has 1 heterocycles. The number of hydrogen-bond donors (Lipinski definition) is 4. The smallest absolute Gasteiger partial charge is 0.184 e. The van der Waals surface area contributed by atoms with Gasteiger partial charge in [-0.15, -0.1) is 0 Å². The number of aliphatic hydroxyl groups is 4. The molecule has 1 unspecified atom stereocenters. The van der Waals surface area contributed by atoms with Crippen LogP contribution >= 0.6 is 0 Å². The summed E-state index contributed by atoms with van der Waals surface area (Å²) in [7, 11) is 0. The molecule has 0 aromatic carbocycles. The lowest BCUT2D eigenvalue weighted by molar-refractivity contribution is -0.132. The Labute approximate surface area is 70.2 Å². The predicted octanol–water partition coefficient (Wildman–Crippen LogP) is -1.80. The average Bonchev–Trinajstić information content (AvgIpc) is 2.30. The molecule has 0 aromatic rings. The van der Waals surface area contributed by atoms with Gasteiger partial charge < -0.3 is 25.2 Å². The highest BCUT2D eigenvalue weighted by Gasteiger charge is 2.53. The highest BCUT2D eigenvalue weighted by atomic mass is 16.7. The SMILES string of the molecule is CC[C@@]1(O)[C@@H](CO)OC(O)[C@@H]1O. The minimum absolute atomic E-state index is 0.219. The van der Waals surface area contributed by atoms with E-state index in [9.17, 15) is 10.2 Å². The lowest BCUT2D eigenvalue weighted by atomic mass is 9.90. The van der Waals surface area contributed by atoms with Gasteiger partial charge in [-0.25, -0.2) is 0 Å². The minimum atomic E-state index is -1.53. The Balaban J connectivity index is 2.80. The van der Waals surface area contributed by atoms with Crippen LogP contribution in [0.25, 0.3) is 0 Å². The van der Waals surface area contributed by atoms with Crippen LogP contribution in [-0.4, -0.2) is 51.1 Å². The van der Waals surface area contributed by atoms with Crippen molar-refractivity contribution in [3.8, 4) is 0 Å². The van der Waals surface area contributed by atoms with Crippen molar-refractivity contribution in [1.82, 2.24) is 0 Å². The van der Waals surface area contributed by atoms with Crippen molar-refractivity contribution in [1.29, 1.82) is 0 Å². The molecule has 1 aliphatic heterocycles. The maximum atomic E-state index is 9.70. The zero-order valence-corrected chi connectivity index (χ0v) is 6.84. The molecule has 12 heavy (non-hydrogen) atoms. The van der Waals surface area contributed by atoms with Crippen LogP contribution in [0.15, 0.2) is 0 Å². The van der Waals surface area contributed by atoms with Gasteiger partial charge in [0.1, 0.15) is 17.8 Å². The van der Waals surface area contributed by atoms with Gasteiger partial charge in [0.25, 0.3) is 0 Å². The number of aliphatic hydroxyl groups excluding tert-OH is 3. The molecule has 1 fully saturated rings. The topological polar surface area (TPSA) is 90.2 Å². The lowest BCUT2D eigenvalue weighted by Gasteiger charge is -2.27. The summed E-state index contributed by atoms with van der Waals surface area (Å²) in [4.78, 5) is 0. The summed E-state index contributed by atoms with van der Waals surface area (Å²) >= 11 is 0. The number of rotatable bonds is 2. The van der Waals surface area contributed by atoms with E-state index in [-0.39, 0.29) is 6.42 Å². The van der Waals surface area contributed by atoms with Crippen LogP contribution < -0.4 is 0 Å². The second-order valence-corrected chi connectivity index (χ2v) is 2.99. The van der Waals surface area contributed by atoms with E-state index in [0.717, 1.165) is 0 Å². The Bertz CT molecular complexity index is 162. The first-order chi connectivity index (χ1) is 5.56. The molecular weight excluding hydrogens is 164 g/mol. The van der Waals surface area contributed by atoms with Crippen LogP contribution in [0, 0.1) is 0 Å². The summed E-state index contributed by atoms with van der Waals surface area (Å²) in [6.45, 7) is 1.23. The molecular formula is C7H14O5. The first-order valence-electron chi connectivity index (χ1n) is 3.91. The molecule has 0 amide bonds. The molecule has 0 aromatic heterocycles. The van der Waals surface area contributed by atoms with E-state index in [1.54, 1.807) is 6.92 Å². The summed E-state index contributed by atoms with van der Waals surface area (Å²) in [6.07, 6.45) is -3.45. The van der Waals surface area contributed by atoms with E-state index in [1.165, 1.54) is 0 Å². The van der Waals surface area contributed by atoms with Crippen molar-refractivity contribution in [2.24, 2.45) is 0 Å². The van der Waals surface area contributed by atoms with Crippen molar-refractivity contribution >= 4 is 0 Å². The van der Waals surface area contributed by atoms with E-state index in [2.05, 4.69) is 0 Å². The molecule has 1 aliphatic rings. The van der Waals surface area contributed by atoms with Crippen molar-refractivity contribution in [3.63, 3.8) is 0 Å². The van der Waals surface area contributed by atoms with E-state index < -0.39 is 30.7 Å². The second kappa shape index (κ2) is 3.27. The lowest BCUT2D eigenvalue weighted by Crippen LogP contribution is -2.48. The zero-order chi connectivity index (χ0) is 9.35. The molecule has 0 bridgehead atoms. The largest absolute Gasteiger partial charge is 0.394 e. The molecule has 72 valence electrons. The third-order valence-corrected chi connectivity index (χ3v) is 2.38. The fraction of sp³-hybridized carbons (Fsp3) is 1.00. The van der Waals surface area contributed by atoms with Crippen LogP contribution in [0.5, 0.6) is 0 Å². The summed E-state index contributed by atoms with van der Waals surface area (Å²) in [5, 5.41) is 36.8. The Morgan fingerprint density at radius 3 is 2.33 bits per heavy atom.